The molecule has 4 nitrogen and oxygen atoms in total. The van der Waals surface area contributed by atoms with Crippen molar-refractivity contribution < 1.29 is 13.9 Å². The summed E-state index contributed by atoms with van der Waals surface area (Å²) >= 11 is 0. The smallest absolute Gasteiger partial charge is 0.224 e. The van der Waals surface area contributed by atoms with Gasteiger partial charge in [-0.2, -0.15) is 0 Å². The highest BCUT2D eigenvalue weighted by atomic mass is 19.1. The van der Waals surface area contributed by atoms with Crippen LogP contribution in [0.4, 0.5) is 10.1 Å². The summed E-state index contributed by atoms with van der Waals surface area (Å²) in [4.78, 5) is 14.0. The first-order valence-electron chi connectivity index (χ1n) is 7.45. The third kappa shape index (κ3) is 4.98. The van der Waals surface area contributed by atoms with Crippen molar-refractivity contribution in [1.82, 2.24) is 5.32 Å². The number of methoxy groups -OCH3 is 1. The molecule has 0 heterocycles. The largest absolute Gasteiger partial charge is 0.494 e. The molecule has 0 aromatic heterocycles. The molecule has 0 aliphatic carbocycles. The molecule has 0 spiro atoms. The van der Waals surface area contributed by atoms with E-state index in [1.54, 1.807) is 6.07 Å². The third-order valence-corrected chi connectivity index (χ3v) is 3.55. The van der Waals surface area contributed by atoms with Gasteiger partial charge in [-0.1, -0.05) is 24.3 Å². The fourth-order valence-electron chi connectivity index (χ4n) is 2.24. The van der Waals surface area contributed by atoms with Crippen molar-refractivity contribution in [2.75, 3.05) is 32.1 Å². The zero-order valence-electron chi connectivity index (χ0n) is 13.4. The van der Waals surface area contributed by atoms with E-state index in [4.69, 9.17) is 4.74 Å². The first-order valence-corrected chi connectivity index (χ1v) is 7.45. The monoisotopic (exact) mass is 316 g/mol. The number of halogens is 1. The minimum Gasteiger partial charge on any atom is -0.494 e. The Hall–Kier alpha value is -2.56. The molecule has 0 saturated heterocycles. The van der Waals surface area contributed by atoms with Gasteiger partial charge >= 0.3 is 0 Å². The van der Waals surface area contributed by atoms with Crippen molar-refractivity contribution in [3.05, 3.63) is 59.9 Å². The summed E-state index contributed by atoms with van der Waals surface area (Å²) in [6.07, 6.45) is 0.149. The molecule has 23 heavy (non-hydrogen) atoms. The number of carbonyl (C=O) groups excluding carboxylic acids is 1. The minimum atomic E-state index is -0.457. The molecule has 0 unspecified atom stereocenters. The first-order chi connectivity index (χ1) is 11.1. The number of para-hydroxylation sites is 1. The van der Waals surface area contributed by atoms with Gasteiger partial charge in [0.1, 0.15) is 0 Å². The van der Waals surface area contributed by atoms with E-state index in [0.717, 1.165) is 5.69 Å². The van der Waals surface area contributed by atoms with Crippen LogP contribution in [-0.4, -0.2) is 33.2 Å². The van der Waals surface area contributed by atoms with Gasteiger partial charge in [0.05, 0.1) is 13.5 Å². The Kier molecular flexibility index (Phi) is 5.97. The van der Waals surface area contributed by atoms with Gasteiger partial charge < -0.3 is 15.0 Å². The number of ether oxygens (including phenoxy) is 1. The van der Waals surface area contributed by atoms with Crippen LogP contribution in [0.1, 0.15) is 5.56 Å². The van der Waals surface area contributed by atoms with Crippen molar-refractivity contribution in [3.8, 4) is 5.75 Å². The molecular formula is C18H21FN2O2. The Bertz CT molecular complexity index is 647. The minimum absolute atomic E-state index is 0.129. The molecule has 0 atom stereocenters. The summed E-state index contributed by atoms with van der Waals surface area (Å²) in [6.45, 7) is 1.23. The Morgan fingerprint density at radius 3 is 2.61 bits per heavy atom. The molecule has 2 aromatic rings. The number of anilines is 1. The Balaban J connectivity index is 1.78. The maximum absolute atomic E-state index is 13.6. The van der Waals surface area contributed by atoms with E-state index < -0.39 is 5.82 Å². The van der Waals surface area contributed by atoms with Gasteiger partial charge in [-0.05, 0) is 29.8 Å². The summed E-state index contributed by atoms with van der Waals surface area (Å²) in [5.41, 5.74) is 1.72. The van der Waals surface area contributed by atoms with Crippen LogP contribution in [0.5, 0.6) is 5.75 Å². The average Bonchev–Trinajstić information content (AvgIpc) is 2.55. The van der Waals surface area contributed by atoms with Crippen molar-refractivity contribution in [2.24, 2.45) is 0 Å². The highest BCUT2D eigenvalue weighted by Gasteiger charge is 2.08. The highest BCUT2D eigenvalue weighted by Crippen LogP contribution is 2.17. The van der Waals surface area contributed by atoms with Crippen LogP contribution in [0.25, 0.3) is 0 Å². The van der Waals surface area contributed by atoms with Gasteiger partial charge in [0.25, 0.3) is 0 Å². The van der Waals surface area contributed by atoms with Crippen LogP contribution >= 0.6 is 0 Å². The van der Waals surface area contributed by atoms with E-state index in [9.17, 15) is 9.18 Å². The van der Waals surface area contributed by atoms with Gasteiger partial charge in [-0.3, -0.25) is 4.79 Å². The van der Waals surface area contributed by atoms with Gasteiger partial charge in [-0.25, -0.2) is 4.39 Å². The van der Waals surface area contributed by atoms with Crippen molar-refractivity contribution in [1.29, 1.82) is 0 Å². The number of likely N-dealkylation sites (N-methyl/N-ethyl adjacent to an activating group) is 1. The number of benzene rings is 2. The van der Waals surface area contributed by atoms with Crippen LogP contribution in [0.15, 0.2) is 48.5 Å². The van der Waals surface area contributed by atoms with Crippen LogP contribution in [0.2, 0.25) is 0 Å². The summed E-state index contributed by atoms with van der Waals surface area (Å²) in [5.74, 6) is -0.406. The molecule has 1 amide bonds. The van der Waals surface area contributed by atoms with Gasteiger partial charge in [-0.15, -0.1) is 0 Å². The topological polar surface area (TPSA) is 41.6 Å². The second-order valence-electron chi connectivity index (χ2n) is 5.25. The lowest BCUT2D eigenvalue weighted by molar-refractivity contribution is -0.120. The summed E-state index contributed by atoms with van der Waals surface area (Å²) in [7, 11) is 3.38. The van der Waals surface area contributed by atoms with Crippen molar-refractivity contribution >= 4 is 11.6 Å². The number of amides is 1. The number of hydrogen-bond donors (Lipinski definition) is 1. The maximum Gasteiger partial charge on any atom is 0.224 e. The highest BCUT2D eigenvalue weighted by molar-refractivity contribution is 5.78. The van der Waals surface area contributed by atoms with Gasteiger partial charge in [0.2, 0.25) is 5.91 Å². The molecule has 0 saturated carbocycles. The van der Waals surface area contributed by atoms with E-state index in [2.05, 4.69) is 10.2 Å². The molecular weight excluding hydrogens is 295 g/mol. The Morgan fingerprint density at radius 2 is 1.96 bits per heavy atom. The van der Waals surface area contributed by atoms with Crippen molar-refractivity contribution in [2.45, 2.75) is 6.42 Å². The normalized spacial score (nSPS) is 10.2. The molecule has 2 rings (SSSR count). The maximum atomic E-state index is 13.6. The number of rotatable bonds is 7. The second kappa shape index (κ2) is 8.17. The second-order valence-corrected chi connectivity index (χ2v) is 5.25. The quantitative estimate of drug-likeness (QED) is 0.854. The lowest BCUT2D eigenvalue weighted by Gasteiger charge is -2.19. The Morgan fingerprint density at radius 1 is 1.22 bits per heavy atom. The van der Waals surface area contributed by atoms with Crippen molar-refractivity contribution in [3.63, 3.8) is 0 Å². The number of nitrogens with one attached hydrogen (secondary N) is 1. The van der Waals surface area contributed by atoms with E-state index in [-0.39, 0.29) is 18.1 Å². The zero-order valence-corrected chi connectivity index (χ0v) is 13.4. The molecule has 0 fully saturated rings. The molecule has 0 aliphatic rings. The van der Waals surface area contributed by atoms with Crippen LogP contribution in [0.3, 0.4) is 0 Å². The van der Waals surface area contributed by atoms with Gasteiger partial charge in [0, 0.05) is 25.8 Å². The Labute approximate surface area is 135 Å². The fourth-order valence-corrected chi connectivity index (χ4v) is 2.24. The fraction of sp³-hybridized carbons (Fsp3) is 0.278. The number of hydrogen-bond acceptors (Lipinski definition) is 3. The van der Waals surface area contributed by atoms with Crippen LogP contribution in [0, 0.1) is 5.82 Å². The SMILES string of the molecule is COc1ccc(CC(=O)NCCN(C)c2ccccc2)cc1F. The third-order valence-electron chi connectivity index (χ3n) is 3.55. The number of nitrogens with zero attached hydrogens (tertiary/aromatic N) is 1. The average molecular weight is 316 g/mol. The summed E-state index contributed by atoms with van der Waals surface area (Å²) in [5, 5.41) is 2.85. The first kappa shape index (κ1) is 16.8. The van der Waals surface area contributed by atoms with E-state index >= 15 is 0 Å². The lowest BCUT2D eigenvalue weighted by atomic mass is 10.1. The molecule has 0 aliphatic heterocycles. The summed E-state index contributed by atoms with van der Waals surface area (Å²) < 4.78 is 18.4. The number of carbonyl (C=O) groups is 1. The van der Waals surface area contributed by atoms with Crippen LogP contribution < -0.4 is 15.0 Å². The van der Waals surface area contributed by atoms with E-state index in [1.807, 2.05) is 37.4 Å². The zero-order chi connectivity index (χ0) is 16.7. The van der Waals surface area contributed by atoms with E-state index in [0.29, 0.717) is 18.7 Å². The van der Waals surface area contributed by atoms with Crippen LogP contribution in [-0.2, 0) is 11.2 Å². The molecule has 2 aromatic carbocycles. The van der Waals surface area contributed by atoms with Gasteiger partial charge in [0.15, 0.2) is 11.6 Å². The molecule has 0 radical (unpaired) electrons. The molecule has 0 bridgehead atoms. The lowest BCUT2D eigenvalue weighted by Crippen LogP contribution is -2.33. The standard InChI is InChI=1S/C18H21FN2O2/c1-21(15-6-4-3-5-7-15)11-10-20-18(22)13-14-8-9-17(23-2)16(19)12-14/h3-9,12H,10-11,13H2,1-2H3,(H,20,22). The molecule has 1 N–H and O–H groups in total. The molecule has 122 valence electrons. The summed E-state index contributed by atoms with van der Waals surface area (Å²) in [6, 6.07) is 14.5. The predicted molar refractivity (Wildman–Crippen MR) is 89.4 cm³/mol. The van der Waals surface area contributed by atoms with E-state index in [1.165, 1.54) is 19.2 Å². The molecule has 5 heteroatoms. The predicted octanol–water partition coefficient (Wildman–Crippen LogP) is 2.63.